The first kappa shape index (κ1) is 27.1. The molecular weight excluding hydrogens is 568 g/mol. The summed E-state index contributed by atoms with van der Waals surface area (Å²) in [6, 6.07) is 1.21. The fourth-order valence-corrected chi connectivity index (χ4v) is 6.26. The van der Waals surface area contributed by atoms with E-state index in [0.29, 0.717) is 11.4 Å². The van der Waals surface area contributed by atoms with Gasteiger partial charge in [0.2, 0.25) is 11.8 Å². The third-order valence-electron chi connectivity index (χ3n) is 7.70. The standard InChI is InChI=1S/C27H23ClF4N6O3/c1-4-17(39)37-10-15-26(40)36-5-6-41-25-24(36)23(38(15)9-12(37)3)13-8-14(28)18(20(29)21(13)35-25)22-19(27(30,31)32)11(2)7-16(33)34-22/h4,7-8,12,15H,1,5-6,9-10H2,2-3H3,(H2,33,34)/t12-,15-/m1/s1. The van der Waals surface area contributed by atoms with Gasteiger partial charge in [-0.2, -0.15) is 13.2 Å². The molecule has 3 aromatic rings. The zero-order valence-corrected chi connectivity index (χ0v) is 22.6. The lowest BCUT2D eigenvalue weighted by atomic mass is 9.95. The molecule has 1 fully saturated rings. The van der Waals surface area contributed by atoms with Crippen molar-refractivity contribution in [1.29, 1.82) is 0 Å². The largest absolute Gasteiger partial charge is 0.474 e. The lowest BCUT2D eigenvalue weighted by Crippen LogP contribution is -2.66. The van der Waals surface area contributed by atoms with Crippen LogP contribution in [0, 0.1) is 12.7 Å². The Balaban J connectivity index is 1.63. The van der Waals surface area contributed by atoms with Gasteiger partial charge in [-0.25, -0.2) is 14.4 Å². The van der Waals surface area contributed by atoms with Gasteiger partial charge in [0.1, 0.15) is 29.7 Å². The maximum atomic E-state index is 16.4. The van der Waals surface area contributed by atoms with Crippen LogP contribution in [0.15, 0.2) is 24.8 Å². The van der Waals surface area contributed by atoms with Crippen LogP contribution in [0.5, 0.6) is 5.88 Å². The normalized spacial score (nSPS) is 20.1. The Bertz CT molecular complexity index is 1680. The number of hydrogen-bond acceptors (Lipinski definition) is 7. The molecule has 0 radical (unpaired) electrons. The van der Waals surface area contributed by atoms with Gasteiger partial charge in [0, 0.05) is 18.0 Å². The van der Waals surface area contributed by atoms with Crippen molar-refractivity contribution in [3.63, 3.8) is 0 Å². The van der Waals surface area contributed by atoms with E-state index in [1.165, 1.54) is 24.0 Å². The summed E-state index contributed by atoms with van der Waals surface area (Å²) >= 11 is 6.54. The minimum atomic E-state index is -4.88. The van der Waals surface area contributed by atoms with Crippen LogP contribution < -0.4 is 20.3 Å². The number of nitrogens with zero attached hydrogens (tertiary/aromatic N) is 5. The zero-order chi connectivity index (χ0) is 29.5. The van der Waals surface area contributed by atoms with Crippen LogP contribution in [0.1, 0.15) is 18.1 Å². The summed E-state index contributed by atoms with van der Waals surface area (Å²) < 4.78 is 64.5. The lowest BCUT2D eigenvalue weighted by molar-refractivity contribution is -0.137. The van der Waals surface area contributed by atoms with Crippen molar-refractivity contribution >= 4 is 51.5 Å². The molecule has 14 heteroatoms. The van der Waals surface area contributed by atoms with Gasteiger partial charge in [0.25, 0.3) is 5.91 Å². The van der Waals surface area contributed by atoms with E-state index in [4.69, 9.17) is 22.1 Å². The molecule has 2 aromatic heterocycles. The number of aryl methyl sites for hydroxylation is 1. The monoisotopic (exact) mass is 590 g/mol. The Kier molecular flexibility index (Phi) is 6.07. The Morgan fingerprint density at radius 2 is 1.98 bits per heavy atom. The molecule has 41 heavy (non-hydrogen) atoms. The summed E-state index contributed by atoms with van der Waals surface area (Å²) in [5.74, 6) is -2.03. The fourth-order valence-electron chi connectivity index (χ4n) is 5.97. The molecule has 2 atom stereocenters. The van der Waals surface area contributed by atoms with E-state index in [1.54, 1.807) is 16.7 Å². The van der Waals surface area contributed by atoms with Crippen LogP contribution in [0.2, 0.25) is 5.02 Å². The molecule has 0 bridgehead atoms. The van der Waals surface area contributed by atoms with Crippen molar-refractivity contribution in [3.8, 4) is 17.1 Å². The second-order valence-electron chi connectivity index (χ2n) is 10.2. The van der Waals surface area contributed by atoms with Gasteiger partial charge < -0.3 is 25.2 Å². The van der Waals surface area contributed by atoms with Crippen LogP contribution in [0.3, 0.4) is 0 Å². The summed E-state index contributed by atoms with van der Waals surface area (Å²) in [4.78, 5) is 39.1. The Morgan fingerprint density at radius 1 is 1.24 bits per heavy atom. The molecule has 2 amide bonds. The summed E-state index contributed by atoms with van der Waals surface area (Å²) in [5, 5.41) is -0.172. The van der Waals surface area contributed by atoms with Crippen molar-refractivity contribution in [2.24, 2.45) is 0 Å². The molecule has 1 saturated heterocycles. The highest BCUT2D eigenvalue weighted by Crippen LogP contribution is 2.51. The minimum absolute atomic E-state index is 0.0391. The molecule has 3 aliphatic rings. The number of rotatable bonds is 2. The number of carbonyl (C=O) groups is 2. The van der Waals surface area contributed by atoms with Crippen molar-refractivity contribution in [2.75, 3.05) is 41.8 Å². The average molecular weight is 591 g/mol. The fraction of sp³-hybridized carbons (Fsp3) is 0.333. The molecule has 1 aromatic carbocycles. The molecule has 9 nitrogen and oxygen atoms in total. The molecule has 0 saturated carbocycles. The first-order valence-corrected chi connectivity index (χ1v) is 13.1. The molecular formula is C27H23ClF4N6O3. The molecule has 0 spiro atoms. The van der Waals surface area contributed by atoms with E-state index < -0.39 is 34.9 Å². The molecule has 5 heterocycles. The van der Waals surface area contributed by atoms with E-state index in [9.17, 15) is 22.8 Å². The predicted molar refractivity (Wildman–Crippen MR) is 144 cm³/mol. The minimum Gasteiger partial charge on any atom is -0.474 e. The highest BCUT2D eigenvalue weighted by molar-refractivity contribution is 6.34. The number of ether oxygens (including phenoxy) is 1. The molecule has 0 unspecified atom stereocenters. The number of anilines is 3. The van der Waals surface area contributed by atoms with Gasteiger partial charge in [0.15, 0.2) is 5.82 Å². The number of piperazine rings is 1. The van der Waals surface area contributed by atoms with E-state index in [-0.39, 0.29) is 77.3 Å². The predicted octanol–water partition coefficient (Wildman–Crippen LogP) is 4.33. The van der Waals surface area contributed by atoms with Crippen LogP contribution >= 0.6 is 11.6 Å². The number of nitrogen functional groups attached to an aromatic ring is 1. The summed E-state index contributed by atoms with van der Waals surface area (Å²) in [7, 11) is 0. The molecule has 0 aliphatic carbocycles. The van der Waals surface area contributed by atoms with Gasteiger partial charge in [0.05, 0.1) is 40.6 Å². The molecule has 214 valence electrons. The number of pyridine rings is 2. The Labute approximate surface area is 236 Å². The first-order valence-electron chi connectivity index (χ1n) is 12.7. The van der Waals surface area contributed by atoms with Gasteiger partial charge in [-0.1, -0.05) is 18.2 Å². The second kappa shape index (κ2) is 9.20. The average Bonchev–Trinajstić information content (AvgIpc) is 2.89. The highest BCUT2D eigenvalue weighted by Gasteiger charge is 2.48. The van der Waals surface area contributed by atoms with E-state index in [2.05, 4.69) is 16.5 Å². The number of fused-ring (bicyclic) bond motifs is 4. The first-order chi connectivity index (χ1) is 19.3. The Hall–Kier alpha value is -4.13. The summed E-state index contributed by atoms with van der Waals surface area (Å²) in [5.41, 5.74) is 3.40. The van der Waals surface area contributed by atoms with E-state index >= 15 is 4.39 Å². The second-order valence-corrected chi connectivity index (χ2v) is 10.6. The van der Waals surface area contributed by atoms with Gasteiger partial charge in [-0.15, -0.1) is 0 Å². The van der Waals surface area contributed by atoms with Crippen molar-refractivity contribution < 1.29 is 31.9 Å². The highest BCUT2D eigenvalue weighted by atomic mass is 35.5. The number of amides is 2. The zero-order valence-electron chi connectivity index (χ0n) is 21.9. The third kappa shape index (κ3) is 3.97. The van der Waals surface area contributed by atoms with Crippen LogP contribution in [0.25, 0.3) is 22.2 Å². The van der Waals surface area contributed by atoms with E-state index in [0.717, 1.165) is 6.07 Å². The number of benzene rings is 1. The lowest BCUT2D eigenvalue weighted by Gasteiger charge is -2.51. The van der Waals surface area contributed by atoms with Crippen molar-refractivity contribution in [2.45, 2.75) is 32.1 Å². The Morgan fingerprint density at radius 3 is 2.66 bits per heavy atom. The smallest absolute Gasteiger partial charge is 0.418 e. The summed E-state index contributed by atoms with van der Waals surface area (Å²) in [6.45, 7) is 7.05. The van der Waals surface area contributed by atoms with Crippen LogP contribution in [-0.4, -0.2) is 65.0 Å². The van der Waals surface area contributed by atoms with Crippen molar-refractivity contribution in [1.82, 2.24) is 14.9 Å². The third-order valence-corrected chi connectivity index (χ3v) is 8.00. The number of carbonyl (C=O) groups excluding carboxylic acids is 2. The number of hydrogen-bond donors (Lipinski definition) is 1. The van der Waals surface area contributed by atoms with Gasteiger partial charge in [-0.05, 0) is 37.6 Å². The molecule has 2 N–H and O–H groups in total. The SMILES string of the molecule is C=CC(=O)N1C[C@@H]2C(=O)N3CCOc4nc5c(F)c(-c6nc(N)cc(C)c6C(F)(F)F)c(Cl)cc5c(c43)N2C[C@H]1C. The molecule has 3 aliphatic heterocycles. The van der Waals surface area contributed by atoms with Crippen molar-refractivity contribution in [3.05, 3.63) is 46.8 Å². The quantitative estimate of drug-likeness (QED) is 0.350. The van der Waals surface area contributed by atoms with Crippen LogP contribution in [-0.2, 0) is 15.8 Å². The molecule has 6 rings (SSSR count). The maximum Gasteiger partial charge on any atom is 0.418 e. The number of halogens is 5. The van der Waals surface area contributed by atoms with E-state index in [1.807, 2.05) is 0 Å². The number of nitrogens with two attached hydrogens (primary N) is 1. The topological polar surface area (TPSA) is 105 Å². The maximum absolute atomic E-state index is 16.4. The van der Waals surface area contributed by atoms with Crippen LogP contribution in [0.4, 0.5) is 34.8 Å². The summed E-state index contributed by atoms with van der Waals surface area (Å²) in [6.07, 6.45) is -3.70. The number of alkyl halides is 3. The van der Waals surface area contributed by atoms with Gasteiger partial charge >= 0.3 is 6.18 Å². The number of aromatic nitrogens is 2. The van der Waals surface area contributed by atoms with Gasteiger partial charge in [-0.3, -0.25) is 9.59 Å².